The van der Waals surface area contributed by atoms with Gasteiger partial charge in [-0.2, -0.15) is 4.98 Å². The Morgan fingerprint density at radius 3 is 2.69 bits per heavy atom. The van der Waals surface area contributed by atoms with E-state index in [1.807, 2.05) is 18.7 Å². The first-order valence-electron chi connectivity index (χ1n) is 5.14. The van der Waals surface area contributed by atoms with Gasteiger partial charge in [0.15, 0.2) is 11.6 Å². The summed E-state index contributed by atoms with van der Waals surface area (Å²) in [5.41, 5.74) is 0. The van der Waals surface area contributed by atoms with Crippen molar-refractivity contribution in [3.05, 3.63) is 17.3 Å². The summed E-state index contributed by atoms with van der Waals surface area (Å²) in [7, 11) is 0. The second-order valence-electron chi connectivity index (χ2n) is 3.97. The normalized spacial score (nSPS) is 25.9. The summed E-state index contributed by atoms with van der Waals surface area (Å²) in [4.78, 5) is 9.34. The highest BCUT2D eigenvalue weighted by Gasteiger charge is 2.25. The molecule has 0 amide bonds. The number of aromatic nitrogens is 2. The Bertz CT molecular complexity index is 380. The van der Waals surface area contributed by atoms with Gasteiger partial charge in [0.05, 0.1) is 18.4 Å². The van der Waals surface area contributed by atoms with Gasteiger partial charge in [-0.3, -0.25) is 0 Å². The van der Waals surface area contributed by atoms with Crippen LogP contribution in [0.1, 0.15) is 13.8 Å². The van der Waals surface area contributed by atoms with E-state index in [0.29, 0.717) is 13.1 Å². The molecule has 2 heterocycles. The number of morpholine rings is 1. The third kappa shape index (κ3) is 2.41. The molecular formula is C10H13ClFN3O. The van der Waals surface area contributed by atoms with Crippen molar-refractivity contribution in [1.82, 2.24) is 9.97 Å². The lowest BCUT2D eigenvalue weighted by Gasteiger charge is -2.36. The fourth-order valence-electron chi connectivity index (χ4n) is 1.91. The van der Waals surface area contributed by atoms with Crippen LogP contribution in [-0.4, -0.2) is 35.3 Å². The van der Waals surface area contributed by atoms with Gasteiger partial charge in [-0.15, -0.1) is 0 Å². The molecule has 16 heavy (non-hydrogen) atoms. The lowest BCUT2D eigenvalue weighted by Crippen LogP contribution is -2.46. The second kappa shape index (κ2) is 4.51. The van der Waals surface area contributed by atoms with E-state index in [4.69, 9.17) is 16.3 Å². The monoisotopic (exact) mass is 245 g/mol. The van der Waals surface area contributed by atoms with E-state index in [-0.39, 0.29) is 23.3 Å². The van der Waals surface area contributed by atoms with Crippen LogP contribution in [0.4, 0.5) is 10.2 Å². The summed E-state index contributed by atoms with van der Waals surface area (Å²) >= 11 is 5.66. The fourth-order valence-corrected chi connectivity index (χ4v) is 2.04. The number of halogens is 2. The van der Waals surface area contributed by atoms with Crippen molar-refractivity contribution >= 4 is 17.4 Å². The van der Waals surface area contributed by atoms with Gasteiger partial charge >= 0.3 is 0 Å². The van der Waals surface area contributed by atoms with Gasteiger partial charge < -0.3 is 9.64 Å². The quantitative estimate of drug-likeness (QED) is 0.708. The van der Waals surface area contributed by atoms with Crippen LogP contribution in [0, 0.1) is 5.82 Å². The minimum absolute atomic E-state index is 0.0527. The molecule has 0 bridgehead atoms. The highest BCUT2D eigenvalue weighted by atomic mass is 35.5. The van der Waals surface area contributed by atoms with Crippen molar-refractivity contribution in [2.75, 3.05) is 18.0 Å². The van der Waals surface area contributed by atoms with Gasteiger partial charge in [0.1, 0.15) is 0 Å². The summed E-state index contributed by atoms with van der Waals surface area (Å²) in [6.07, 6.45) is 1.20. The lowest BCUT2D eigenvalue weighted by molar-refractivity contribution is -0.00566. The minimum atomic E-state index is -0.453. The van der Waals surface area contributed by atoms with Gasteiger partial charge in [-0.05, 0) is 25.4 Å². The maximum absolute atomic E-state index is 13.5. The van der Waals surface area contributed by atoms with Gasteiger partial charge in [0.25, 0.3) is 0 Å². The van der Waals surface area contributed by atoms with Gasteiger partial charge in [-0.1, -0.05) is 0 Å². The van der Waals surface area contributed by atoms with Crippen molar-refractivity contribution in [1.29, 1.82) is 0 Å². The van der Waals surface area contributed by atoms with E-state index in [9.17, 15) is 4.39 Å². The average Bonchev–Trinajstić information content (AvgIpc) is 2.20. The molecule has 0 saturated carbocycles. The van der Waals surface area contributed by atoms with Crippen LogP contribution in [0.5, 0.6) is 0 Å². The predicted octanol–water partition coefficient (Wildman–Crippen LogP) is 1.88. The van der Waals surface area contributed by atoms with Crippen LogP contribution in [0.2, 0.25) is 5.28 Å². The third-order valence-electron chi connectivity index (χ3n) is 2.42. The number of rotatable bonds is 1. The first kappa shape index (κ1) is 11.5. The Hall–Kier alpha value is -0.940. The van der Waals surface area contributed by atoms with Gasteiger partial charge in [0, 0.05) is 13.1 Å². The number of ether oxygens (including phenoxy) is 1. The van der Waals surface area contributed by atoms with E-state index in [2.05, 4.69) is 9.97 Å². The van der Waals surface area contributed by atoms with Crippen LogP contribution in [0.15, 0.2) is 6.20 Å². The van der Waals surface area contributed by atoms with Crippen LogP contribution in [0.25, 0.3) is 0 Å². The lowest BCUT2D eigenvalue weighted by atomic mass is 10.2. The minimum Gasteiger partial charge on any atom is -0.372 e. The van der Waals surface area contributed by atoms with Crippen molar-refractivity contribution in [2.45, 2.75) is 26.1 Å². The van der Waals surface area contributed by atoms with Crippen LogP contribution >= 0.6 is 11.6 Å². The van der Waals surface area contributed by atoms with Crippen molar-refractivity contribution in [2.24, 2.45) is 0 Å². The molecule has 2 rings (SSSR count). The molecule has 1 aromatic heterocycles. The molecule has 0 radical (unpaired) electrons. The summed E-state index contributed by atoms with van der Waals surface area (Å²) in [6.45, 7) is 5.11. The molecule has 0 aliphatic carbocycles. The molecule has 0 N–H and O–H groups in total. The van der Waals surface area contributed by atoms with Crippen molar-refractivity contribution in [3.8, 4) is 0 Å². The number of anilines is 1. The van der Waals surface area contributed by atoms with Crippen LogP contribution in [-0.2, 0) is 4.74 Å². The zero-order chi connectivity index (χ0) is 11.7. The van der Waals surface area contributed by atoms with E-state index >= 15 is 0 Å². The van der Waals surface area contributed by atoms with Crippen LogP contribution in [0.3, 0.4) is 0 Å². The molecule has 2 atom stereocenters. The van der Waals surface area contributed by atoms with Crippen molar-refractivity contribution < 1.29 is 9.13 Å². The van der Waals surface area contributed by atoms with Gasteiger partial charge in [0.2, 0.25) is 5.28 Å². The molecule has 1 aliphatic heterocycles. The van der Waals surface area contributed by atoms with E-state index in [1.165, 1.54) is 0 Å². The Morgan fingerprint density at radius 2 is 2.06 bits per heavy atom. The molecule has 0 aromatic carbocycles. The summed E-state index contributed by atoms with van der Waals surface area (Å²) in [6, 6.07) is 0. The largest absolute Gasteiger partial charge is 0.372 e. The molecule has 0 unspecified atom stereocenters. The highest BCUT2D eigenvalue weighted by Crippen LogP contribution is 2.21. The maximum Gasteiger partial charge on any atom is 0.224 e. The Balaban J connectivity index is 2.25. The smallest absolute Gasteiger partial charge is 0.224 e. The van der Waals surface area contributed by atoms with E-state index in [1.54, 1.807) is 0 Å². The van der Waals surface area contributed by atoms with Crippen molar-refractivity contribution in [3.63, 3.8) is 0 Å². The molecule has 0 spiro atoms. The fraction of sp³-hybridized carbons (Fsp3) is 0.600. The Morgan fingerprint density at radius 1 is 1.44 bits per heavy atom. The molecule has 1 saturated heterocycles. The first-order chi connectivity index (χ1) is 7.56. The SMILES string of the molecule is C[C@@H]1CN(c2nc(Cl)ncc2F)C[C@H](C)O1. The highest BCUT2D eigenvalue weighted by molar-refractivity contribution is 6.28. The van der Waals surface area contributed by atoms with E-state index < -0.39 is 5.82 Å². The van der Waals surface area contributed by atoms with Crippen LogP contribution < -0.4 is 4.90 Å². The number of nitrogens with zero attached hydrogens (tertiary/aromatic N) is 3. The van der Waals surface area contributed by atoms with E-state index in [0.717, 1.165) is 6.20 Å². The first-order valence-corrected chi connectivity index (χ1v) is 5.52. The molecular weight excluding hydrogens is 233 g/mol. The summed E-state index contributed by atoms with van der Waals surface area (Å²) in [5.74, 6) is -0.201. The maximum atomic E-state index is 13.5. The van der Waals surface area contributed by atoms with Gasteiger partial charge in [-0.25, -0.2) is 9.37 Å². The molecule has 88 valence electrons. The number of hydrogen-bond acceptors (Lipinski definition) is 4. The molecule has 1 fully saturated rings. The second-order valence-corrected chi connectivity index (χ2v) is 4.31. The molecule has 1 aromatic rings. The molecule has 1 aliphatic rings. The zero-order valence-electron chi connectivity index (χ0n) is 9.15. The third-order valence-corrected chi connectivity index (χ3v) is 2.60. The Labute approximate surface area is 98.4 Å². The molecule has 6 heteroatoms. The topological polar surface area (TPSA) is 38.2 Å². The predicted molar refractivity (Wildman–Crippen MR) is 59.2 cm³/mol. The molecule has 4 nitrogen and oxygen atoms in total. The summed E-state index contributed by atoms with van der Waals surface area (Å²) in [5, 5.41) is 0.0585. The number of hydrogen-bond donors (Lipinski definition) is 0. The summed E-state index contributed by atoms with van der Waals surface area (Å²) < 4.78 is 19.1. The standard InChI is InChI=1S/C10H13ClFN3O/c1-6-4-15(5-7(2)16-6)9-8(12)3-13-10(11)14-9/h3,6-7H,4-5H2,1-2H3/t6-,7+. The average molecular weight is 246 g/mol. The Kier molecular flexibility index (Phi) is 3.25. The zero-order valence-corrected chi connectivity index (χ0v) is 9.91.